The molecule has 3 aromatic heterocycles. The highest BCUT2D eigenvalue weighted by molar-refractivity contribution is 6.29. The van der Waals surface area contributed by atoms with Gasteiger partial charge >= 0.3 is 0 Å². The fraction of sp³-hybridized carbons (Fsp3) is 0. The molecular formula is C134H84O3. The Morgan fingerprint density at radius 2 is 0.365 bits per heavy atom. The first kappa shape index (κ1) is 79.9. The first-order chi connectivity index (χ1) is 68.0. The molecule has 0 bridgehead atoms. The molecule has 3 nitrogen and oxygen atoms in total. The Labute approximate surface area is 791 Å². The Morgan fingerprint density at radius 1 is 0.102 bits per heavy atom. The van der Waals surface area contributed by atoms with Crippen LogP contribution in [0, 0.1) is 0 Å². The molecule has 137 heavy (non-hydrogen) atoms. The maximum atomic E-state index is 6.75. The van der Waals surface area contributed by atoms with Crippen molar-refractivity contribution < 1.29 is 13.3 Å². The highest BCUT2D eigenvalue weighted by Gasteiger charge is 2.27. The number of hydrogen-bond acceptors (Lipinski definition) is 3. The number of hydrogen-bond donors (Lipinski definition) is 0. The van der Waals surface area contributed by atoms with Gasteiger partial charge in [-0.1, -0.05) is 455 Å². The molecule has 25 aromatic carbocycles. The van der Waals surface area contributed by atoms with E-state index in [1.165, 1.54) is 197 Å². The minimum atomic E-state index is 0.900. The van der Waals surface area contributed by atoms with Crippen molar-refractivity contribution in [2.75, 3.05) is 0 Å². The molecule has 3 heteroatoms. The molecule has 0 aliphatic heterocycles. The van der Waals surface area contributed by atoms with E-state index in [0.717, 1.165) is 76.9 Å². The highest BCUT2D eigenvalue weighted by atomic mass is 16.3. The number of furan rings is 3. The molecule has 0 radical (unpaired) electrons. The smallest absolute Gasteiger partial charge is 0.143 e. The monoisotopic (exact) mass is 1740 g/mol. The van der Waals surface area contributed by atoms with Crippen LogP contribution in [0.15, 0.2) is 523 Å². The highest BCUT2D eigenvalue weighted by Crippen LogP contribution is 2.53. The Bertz CT molecular complexity index is 9450. The van der Waals surface area contributed by atoms with Crippen LogP contribution in [-0.2, 0) is 0 Å². The van der Waals surface area contributed by atoms with Crippen molar-refractivity contribution in [3.8, 4) is 122 Å². The maximum Gasteiger partial charge on any atom is 0.143 e. The van der Waals surface area contributed by atoms with Gasteiger partial charge in [0.25, 0.3) is 0 Å². The van der Waals surface area contributed by atoms with E-state index in [2.05, 4.69) is 497 Å². The van der Waals surface area contributed by atoms with Gasteiger partial charge in [0, 0.05) is 54.6 Å². The molecule has 0 amide bonds. The molecule has 0 atom stereocenters. The molecule has 28 aromatic rings. The van der Waals surface area contributed by atoms with Gasteiger partial charge in [0.15, 0.2) is 0 Å². The minimum absolute atomic E-state index is 0.900. The number of benzene rings is 25. The third-order valence-electron chi connectivity index (χ3n) is 28.0. The molecule has 0 saturated heterocycles. The summed E-state index contributed by atoms with van der Waals surface area (Å²) in [6.07, 6.45) is 0. The molecule has 0 aliphatic carbocycles. The van der Waals surface area contributed by atoms with E-state index in [1.807, 2.05) is 12.1 Å². The molecule has 0 unspecified atom stereocenters. The molecule has 638 valence electrons. The predicted molar refractivity (Wildman–Crippen MR) is 581 cm³/mol. The van der Waals surface area contributed by atoms with Crippen molar-refractivity contribution in [3.63, 3.8) is 0 Å². The zero-order valence-electron chi connectivity index (χ0n) is 74.7. The van der Waals surface area contributed by atoms with Crippen LogP contribution in [0.1, 0.15) is 0 Å². The van der Waals surface area contributed by atoms with Gasteiger partial charge in [-0.15, -0.1) is 0 Å². The van der Waals surface area contributed by atoms with E-state index in [1.54, 1.807) is 0 Å². The second-order valence-electron chi connectivity index (χ2n) is 35.7. The number of para-hydroxylation sites is 3. The molecule has 0 N–H and O–H groups in total. The largest absolute Gasteiger partial charge is 0.456 e. The third-order valence-corrected chi connectivity index (χ3v) is 28.0. The lowest BCUT2D eigenvalue weighted by molar-refractivity contribution is 0.669. The molecule has 3 heterocycles. The van der Waals surface area contributed by atoms with Crippen LogP contribution in [0.3, 0.4) is 0 Å². The van der Waals surface area contributed by atoms with Crippen molar-refractivity contribution in [1.82, 2.24) is 0 Å². The first-order valence-electron chi connectivity index (χ1n) is 47.1. The molecule has 0 saturated carbocycles. The number of fused-ring (bicyclic) bond motifs is 17. The Hall–Kier alpha value is -18.0. The Kier molecular flexibility index (Phi) is 19.6. The first-order valence-corrected chi connectivity index (χ1v) is 47.1. The average molecular weight is 1740 g/mol. The summed E-state index contributed by atoms with van der Waals surface area (Å²) in [5, 5.41) is 26.6. The fourth-order valence-electron chi connectivity index (χ4n) is 21.7. The summed E-state index contributed by atoms with van der Waals surface area (Å²) in [6.45, 7) is 0. The van der Waals surface area contributed by atoms with Crippen molar-refractivity contribution >= 4 is 152 Å². The zero-order chi connectivity index (χ0) is 90.4. The van der Waals surface area contributed by atoms with E-state index in [-0.39, 0.29) is 0 Å². The molecular weight excluding hydrogens is 1660 g/mol. The predicted octanol–water partition coefficient (Wildman–Crippen LogP) is 38.3. The molecule has 0 aliphatic rings. The summed E-state index contributed by atoms with van der Waals surface area (Å²) >= 11 is 0. The summed E-state index contributed by atoms with van der Waals surface area (Å²) in [7, 11) is 0. The van der Waals surface area contributed by atoms with Crippen LogP contribution >= 0.6 is 0 Å². The van der Waals surface area contributed by atoms with Crippen LogP contribution in [-0.4, -0.2) is 0 Å². The van der Waals surface area contributed by atoms with Crippen molar-refractivity contribution in [2.24, 2.45) is 0 Å². The normalized spacial score (nSPS) is 11.6. The standard InChI is InChI=1S/2C48H30O.C38H24O/c1-3-13-31(14-4-1)33-25-27-36-35(29-33)17-11-22-37(36)46-38-18-7-9-20-40(38)47(41-21-10-8-19-39(41)46)43-24-12-23-42-44-30-34(32-15-5-2-6-16-32)26-28-45(44)49-48(42)43;1-3-13-31(14-4-1)34-26-25-33-17-11-22-40(43(33)29-34)46-36-18-7-9-20-38(36)47(39-21-10-8-19-37(39)46)42-24-12-23-41-44-30-35(32-15-5-2-6-16-32)27-28-45(44)49-48(41)42;1-2-10-25(11-3-1)26-18-20-27(21-19-26)37-31-13-4-6-15-33(31)38(34-16-7-5-14-32(34)37)28-22-23-30-29-12-8-9-17-35(29)39-36(30)24-28/h2*1-30H;1-24H. The van der Waals surface area contributed by atoms with Crippen LogP contribution in [0.25, 0.3) is 274 Å². The zero-order valence-corrected chi connectivity index (χ0v) is 74.7. The van der Waals surface area contributed by atoms with Gasteiger partial charge in [-0.3, -0.25) is 0 Å². The van der Waals surface area contributed by atoms with Crippen LogP contribution in [0.2, 0.25) is 0 Å². The maximum absolute atomic E-state index is 6.75. The van der Waals surface area contributed by atoms with E-state index in [0.29, 0.717) is 0 Å². The van der Waals surface area contributed by atoms with E-state index in [9.17, 15) is 0 Å². The minimum Gasteiger partial charge on any atom is -0.456 e. The van der Waals surface area contributed by atoms with E-state index < -0.39 is 0 Å². The summed E-state index contributed by atoms with van der Waals surface area (Å²) in [5.74, 6) is 0. The number of rotatable bonds is 11. The SMILES string of the molecule is c1ccc(-c2ccc(-c3c4ccccc4c(-c4ccc5c(c4)oc4ccccc45)c4ccccc34)cc2)cc1.c1ccc(-c2ccc3c(-c4c5ccccc5c(-c5cccc6c5oc5ccc(-c7ccccc7)cc56)c5ccccc45)cccc3c2)cc1.c1ccc(-c2ccc3cccc(-c4c5ccccc5c(-c5cccc6c5oc5ccc(-c7ccccc7)cc56)c5ccccc45)c3c2)cc1. The lowest BCUT2D eigenvalue weighted by Crippen LogP contribution is -1.92. The quantitative estimate of drug-likeness (QED) is 0.121. The van der Waals surface area contributed by atoms with Gasteiger partial charge in [-0.05, 0) is 241 Å². The van der Waals surface area contributed by atoms with Gasteiger partial charge in [-0.2, -0.15) is 0 Å². The molecule has 0 fully saturated rings. The molecule has 0 spiro atoms. The Morgan fingerprint density at radius 3 is 0.796 bits per heavy atom. The topological polar surface area (TPSA) is 39.4 Å². The van der Waals surface area contributed by atoms with Gasteiger partial charge in [0.2, 0.25) is 0 Å². The van der Waals surface area contributed by atoms with Crippen LogP contribution < -0.4 is 0 Å². The summed E-state index contributed by atoms with van der Waals surface area (Å²) in [6, 6.07) is 183. The third kappa shape index (κ3) is 13.9. The summed E-state index contributed by atoms with van der Waals surface area (Å²) in [5.41, 5.74) is 32.1. The lowest BCUT2D eigenvalue weighted by atomic mass is 9.84. The molecule has 28 rings (SSSR count). The fourth-order valence-corrected chi connectivity index (χ4v) is 21.7. The lowest BCUT2D eigenvalue weighted by Gasteiger charge is -2.19. The van der Waals surface area contributed by atoms with Crippen LogP contribution in [0.4, 0.5) is 0 Å². The van der Waals surface area contributed by atoms with Gasteiger partial charge in [0.05, 0.1) is 0 Å². The Balaban J connectivity index is 0.000000107. The average Bonchev–Trinajstić information content (AvgIpc) is 1.69. The summed E-state index contributed by atoms with van der Waals surface area (Å²) in [4.78, 5) is 0. The van der Waals surface area contributed by atoms with E-state index >= 15 is 0 Å². The second kappa shape index (κ2) is 33.7. The summed E-state index contributed by atoms with van der Waals surface area (Å²) < 4.78 is 19.8. The van der Waals surface area contributed by atoms with E-state index in [4.69, 9.17) is 13.3 Å². The van der Waals surface area contributed by atoms with Gasteiger partial charge < -0.3 is 13.3 Å². The second-order valence-corrected chi connectivity index (χ2v) is 35.7. The van der Waals surface area contributed by atoms with Crippen molar-refractivity contribution in [2.45, 2.75) is 0 Å². The van der Waals surface area contributed by atoms with Gasteiger partial charge in [-0.25, -0.2) is 0 Å². The van der Waals surface area contributed by atoms with Gasteiger partial charge in [0.1, 0.15) is 33.5 Å². The van der Waals surface area contributed by atoms with Crippen molar-refractivity contribution in [1.29, 1.82) is 0 Å². The van der Waals surface area contributed by atoms with Crippen molar-refractivity contribution in [3.05, 3.63) is 510 Å². The van der Waals surface area contributed by atoms with Crippen LogP contribution in [0.5, 0.6) is 0 Å².